The summed E-state index contributed by atoms with van der Waals surface area (Å²) in [5, 5.41) is 30.3. The number of alkyl halides is 1. The molecule has 2 unspecified atom stereocenters. The van der Waals surface area contributed by atoms with Crippen LogP contribution in [0.4, 0.5) is 0 Å². The van der Waals surface area contributed by atoms with Crippen molar-refractivity contribution in [3.05, 3.63) is 70.5 Å². The molecule has 222 valence electrons. The van der Waals surface area contributed by atoms with Crippen LogP contribution in [0.1, 0.15) is 65.2 Å². The van der Waals surface area contributed by atoms with Crippen molar-refractivity contribution in [3.8, 4) is 11.5 Å². The average molecular weight is 568 g/mol. The molecule has 0 spiro atoms. The summed E-state index contributed by atoms with van der Waals surface area (Å²) in [6.45, 7) is 16.0. The molecule has 39 heavy (non-hydrogen) atoms. The van der Waals surface area contributed by atoms with E-state index >= 15 is 0 Å². The molecule has 7 N–H and O–H groups in total. The minimum atomic E-state index is -0.841. The van der Waals surface area contributed by atoms with Gasteiger partial charge in [0.15, 0.2) is 0 Å². The van der Waals surface area contributed by atoms with Crippen molar-refractivity contribution in [2.24, 2.45) is 11.6 Å². The summed E-state index contributed by atoms with van der Waals surface area (Å²) in [4.78, 5) is 0. The summed E-state index contributed by atoms with van der Waals surface area (Å²) in [6, 6.07) is 13.8. The van der Waals surface area contributed by atoms with Gasteiger partial charge in [0.05, 0.1) is 24.7 Å². The molecule has 0 aliphatic rings. The fourth-order valence-corrected chi connectivity index (χ4v) is 3.56. The lowest BCUT2D eigenvalue weighted by molar-refractivity contribution is 0.0779. The molecule has 0 heterocycles. The van der Waals surface area contributed by atoms with Crippen LogP contribution in [0.15, 0.2) is 53.9 Å². The van der Waals surface area contributed by atoms with Gasteiger partial charge in [-0.15, -0.1) is 11.6 Å². The van der Waals surface area contributed by atoms with Gasteiger partial charge in [-0.3, -0.25) is 0 Å². The second-order valence-electron chi connectivity index (χ2n) is 9.13. The molecule has 0 bridgehead atoms. The first-order chi connectivity index (χ1) is 18.5. The van der Waals surface area contributed by atoms with E-state index in [1.165, 1.54) is 5.01 Å². The summed E-state index contributed by atoms with van der Waals surface area (Å²) >= 11 is 5.63. The third-order valence-electron chi connectivity index (χ3n) is 6.00. The highest BCUT2D eigenvalue weighted by atomic mass is 35.5. The van der Waals surface area contributed by atoms with Crippen molar-refractivity contribution in [3.63, 3.8) is 0 Å². The van der Waals surface area contributed by atoms with Gasteiger partial charge >= 0.3 is 0 Å². The standard InChI is InChI=1S/C26H38ClN3O5.2C2H6/c1-17-11-20(7-10-25(17)35-15-21(32)12-27)26(3,4)19-5-8-23(9-6-19)34-16-22(33)13-30(29)18(2)24(28)14-31;2*1-2/h5-11,21-22,31-33H,12-16,28-29H2,1-4H3;2*1-2H3/b24-18-;;. The number of hydrogen-bond donors (Lipinski definition) is 5. The predicted octanol–water partition coefficient (Wildman–Crippen LogP) is 4.45. The third kappa shape index (κ3) is 11.6. The van der Waals surface area contributed by atoms with E-state index in [1.54, 1.807) is 6.92 Å². The Labute approximate surface area is 240 Å². The topological polar surface area (TPSA) is 134 Å². The largest absolute Gasteiger partial charge is 0.491 e. The molecule has 0 radical (unpaired) electrons. The zero-order valence-corrected chi connectivity index (χ0v) is 25.6. The second kappa shape index (κ2) is 18.7. The lowest BCUT2D eigenvalue weighted by Crippen LogP contribution is -2.40. The molecular formula is C30H50ClN3O5. The minimum Gasteiger partial charge on any atom is -0.491 e. The van der Waals surface area contributed by atoms with Crippen LogP contribution in [0.3, 0.4) is 0 Å². The van der Waals surface area contributed by atoms with Crippen LogP contribution in [0, 0.1) is 6.92 Å². The van der Waals surface area contributed by atoms with Gasteiger partial charge in [-0.05, 0) is 48.7 Å². The molecule has 2 aromatic carbocycles. The number of hydrogen-bond acceptors (Lipinski definition) is 8. The molecule has 0 amide bonds. The van der Waals surface area contributed by atoms with Gasteiger partial charge in [0.2, 0.25) is 0 Å². The lowest BCUT2D eigenvalue weighted by Gasteiger charge is -2.27. The first-order valence-electron chi connectivity index (χ1n) is 13.5. The molecule has 2 atom stereocenters. The monoisotopic (exact) mass is 567 g/mol. The fraction of sp³-hybridized carbons (Fsp3) is 0.533. The number of nitrogens with two attached hydrogens (primary N) is 2. The maximum atomic E-state index is 10.2. The zero-order chi connectivity index (χ0) is 30.2. The first kappa shape index (κ1) is 36.5. The molecule has 0 aliphatic carbocycles. The van der Waals surface area contributed by atoms with Crippen LogP contribution in [0.5, 0.6) is 11.5 Å². The molecule has 8 nitrogen and oxygen atoms in total. The first-order valence-corrected chi connectivity index (χ1v) is 14.0. The summed E-state index contributed by atoms with van der Waals surface area (Å²) in [7, 11) is 0. The van der Waals surface area contributed by atoms with Crippen molar-refractivity contribution >= 4 is 11.6 Å². The van der Waals surface area contributed by atoms with Gasteiger partial charge in [-0.25, -0.2) is 5.84 Å². The Bertz CT molecular complexity index is 983. The number of rotatable bonds is 13. The maximum Gasteiger partial charge on any atom is 0.122 e. The molecule has 0 fully saturated rings. The molecule has 2 aromatic rings. The molecule has 2 rings (SSSR count). The highest BCUT2D eigenvalue weighted by Crippen LogP contribution is 2.34. The number of aliphatic hydroxyl groups is 3. The van der Waals surface area contributed by atoms with Crippen LogP contribution >= 0.6 is 11.6 Å². The van der Waals surface area contributed by atoms with Gasteiger partial charge in [-0.2, -0.15) is 0 Å². The average Bonchev–Trinajstić information content (AvgIpc) is 2.96. The van der Waals surface area contributed by atoms with Gasteiger partial charge in [-0.1, -0.05) is 65.8 Å². The van der Waals surface area contributed by atoms with Crippen molar-refractivity contribution in [1.82, 2.24) is 5.01 Å². The zero-order valence-electron chi connectivity index (χ0n) is 24.9. The molecule has 9 heteroatoms. The van der Waals surface area contributed by atoms with E-state index in [4.69, 9.17) is 37.8 Å². The number of ether oxygens (including phenoxy) is 2. The van der Waals surface area contributed by atoms with Crippen molar-refractivity contribution in [2.75, 3.05) is 32.2 Å². The number of aryl methyl sites for hydroxylation is 1. The highest BCUT2D eigenvalue weighted by molar-refractivity contribution is 6.18. The summed E-state index contributed by atoms with van der Waals surface area (Å²) < 4.78 is 11.4. The molecule has 0 aliphatic heterocycles. The number of allylic oxidation sites excluding steroid dienone is 1. The van der Waals surface area contributed by atoms with Crippen LogP contribution in [-0.4, -0.2) is 64.8 Å². The molecule has 0 saturated carbocycles. The Morgan fingerprint density at radius 3 is 2.00 bits per heavy atom. The Morgan fingerprint density at radius 2 is 1.49 bits per heavy atom. The highest BCUT2D eigenvalue weighted by Gasteiger charge is 2.24. The Kier molecular flexibility index (Phi) is 17.5. The van der Waals surface area contributed by atoms with E-state index < -0.39 is 12.2 Å². The van der Waals surface area contributed by atoms with Crippen LogP contribution in [0.25, 0.3) is 0 Å². The van der Waals surface area contributed by atoms with E-state index in [-0.39, 0.29) is 43.4 Å². The van der Waals surface area contributed by atoms with E-state index in [0.29, 0.717) is 11.4 Å². The van der Waals surface area contributed by atoms with Crippen LogP contribution < -0.4 is 21.1 Å². The maximum absolute atomic E-state index is 10.2. The quantitative estimate of drug-likeness (QED) is 0.136. The summed E-state index contributed by atoms with van der Waals surface area (Å²) in [5.74, 6) is 7.37. The minimum absolute atomic E-state index is 0.0574. The van der Waals surface area contributed by atoms with Crippen LogP contribution in [0.2, 0.25) is 0 Å². The summed E-state index contributed by atoms with van der Waals surface area (Å²) in [6.07, 6.45) is -1.54. The van der Waals surface area contributed by atoms with E-state index in [0.717, 1.165) is 22.4 Å². The lowest BCUT2D eigenvalue weighted by atomic mass is 9.77. The second-order valence-corrected chi connectivity index (χ2v) is 9.44. The van der Waals surface area contributed by atoms with E-state index in [9.17, 15) is 10.2 Å². The van der Waals surface area contributed by atoms with Crippen molar-refractivity contribution in [2.45, 2.75) is 73.0 Å². The molecule has 0 saturated heterocycles. The van der Waals surface area contributed by atoms with Crippen molar-refractivity contribution in [1.29, 1.82) is 0 Å². The Hall–Kier alpha value is -2.49. The summed E-state index contributed by atoms with van der Waals surface area (Å²) in [5.41, 5.74) is 9.35. The van der Waals surface area contributed by atoms with Gasteiger partial charge < -0.3 is 35.5 Å². The number of halogens is 1. The normalized spacial score (nSPS) is 13.1. The fourth-order valence-electron chi connectivity index (χ4n) is 3.47. The van der Waals surface area contributed by atoms with Gasteiger partial charge in [0.25, 0.3) is 0 Å². The molecular weight excluding hydrogens is 518 g/mol. The smallest absolute Gasteiger partial charge is 0.122 e. The Balaban J connectivity index is 0.00000344. The van der Waals surface area contributed by atoms with Crippen molar-refractivity contribution < 1.29 is 24.8 Å². The van der Waals surface area contributed by atoms with E-state index in [2.05, 4.69) is 19.9 Å². The predicted molar refractivity (Wildman–Crippen MR) is 161 cm³/mol. The van der Waals surface area contributed by atoms with Gasteiger partial charge in [0, 0.05) is 11.1 Å². The Morgan fingerprint density at radius 1 is 0.949 bits per heavy atom. The third-order valence-corrected chi connectivity index (χ3v) is 6.35. The van der Waals surface area contributed by atoms with E-state index in [1.807, 2.05) is 71.0 Å². The number of benzene rings is 2. The SMILES string of the molecule is C/C(=C(/N)CO)N(N)CC(O)COc1ccc(C(C)(C)c2ccc(OCC(O)CCl)c(C)c2)cc1.CC.CC. The number of aliphatic hydroxyl groups excluding tert-OH is 3. The molecule has 0 aromatic heterocycles. The number of hydrazine groups is 1. The van der Waals surface area contributed by atoms with Gasteiger partial charge in [0.1, 0.15) is 36.9 Å². The number of nitrogens with zero attached hydrogens (tertiary/aromatic N) is 1. The van der Waals surface area contributed by atoms with Crippen LogP contribution in [-0.2, 0) is 5.41 Å².